The average molecular weight is 130 g/mol. The molecule has 4 N–H and O–H groups in total. The summed E-state index contributed by atoms with van der Waals surface area (Å²) in [6.07, 6.45) is 0. The van der Waals surface area contributed by atoms with Crippen molar-refractivity contribution in [3.63, 3.8) is 0 Å². The molecule has 0 atom stereocenters. The maximum absolute atomic E-state index is 10.0. The van der Waals surface area contributed by atoms with Crippen LogP contribution in [0.2, 0.25) is 0 Å². The summed E-state index contributed by atoms with van der Waals surface area (Å²) >= 11 is 0. The van der Waals surface area contributed by atoms with Crippen LogP contribution in [-0.2, 0) is 4.79 Å². The molecule has 0 saturated heterocycles. The van der Waals surface area contributed by atoms with Gasteiger partial charge in [0.05, 0.1) is 6.07 Å². The van der Waals surface area contributed by atoms with Crippen LogP contribution in [0.5, 0.6) is 0 Å². The lowest BCUT2D eigenvalue weighted by Gasteiger charge is -2.05. The Balaban J connectivity index is 0. The Morgan fingerprint density at radius 2 is 2.00 bits per heavy atom. The van der Waals surface area contributed by atoms with E-state index in [0.717, 1.165) is 0 Å². The molecule has 4 heteroatoms. The monoisotopic (exact) mass is 130 g/mol. The molecular formula is C5H10N2O2. The molecule has 0 aromatic carbocycles. The van der Waals surface area contributed by atoms with Crippen molar-refractivity contribution in [1.82, 2.24) is 6.15 Å². The van der Waals surface area contributed by atoms with E-state index in [2.05, 4.69) is 0 Å². The largest absolute Gasteiger partial charge is 0.480 e. The zero-order chi connectivity index (χ0) is 6.78. The van der Waals surface area contributed by atoms with Crippen LogP contribution in [0.4, 0.5) is 0 Å². The van der Waals surface area contributed by atoms with Gasteiger partial charge in [-0.2, -0.15) is 5.26 Å². The Morgan fingerprint density at radius 1 is 1.67 bits per heavy atom. The van der Waals surface area contributed by atoms with Gasteiger partial charge < -0.3 is 11.3 Å². The summed E-state index contributed by atoms with van der Waals surface area (Å²) in [6.45, 7) is 2.71. The van der Waals surface area contributed by atoms with E-state index in [1.807, 2.05) is 0 Å². The second-order valence-electron chi connectivity index (χ2n) is 2.04. The van der Waals surface area contributed by atoms with Gasteiger partial charge in [-0.1, -0.05) is 0 Å². The Hall–Kier alpha value is -1.08. The van der Waals surface area contributed by atoms with Gasteiger partial charge in [0.1, 0.15) is 5.41 Å². The van der Waals surface area contributed by atoms with Crippen LogP contribution in [0.3, 0.4) is 0 Å². The first kappa shape index (κ1) is 10.8. The van der Waals surface area contributed by atoms with Gasteiger partial charge in [0, 0.05) is 0 Å². The third-order valence-corrected chi connectivity index (χ3v) is 0.814. The van der Waals surface area contributed by atoms with Gasteiger partial charge in [0.15, 0.2) is 0 Å². The second-order valence-corrected chi connectivity index (χ2v) is 2.04. The number of aliphatic carboxylic acids is 1. The SMILES string of the molecule is CC(C)(C#N)C(=O)O.N. The number of carbonyl (C=O) groups is 1. The minimum atomic E-state index is -1.24. The molecule has 0 aliphatic carbocycles. The average Bonchev–Trinajstić information content (AvgIpc) is 1.67. The number of nitrogens with zero attached hydrogens (tertiary/aromatic N) is 1. The van der Waals surface area contributed by atoms with E-state index >= 15 is 0 Å². The van der Waals surface area contributed by atoms with Crippen LogP contribution < -0.4 is 6.15 Å². The van der Waals surface area contributed by atoms with Gasteiger partial charge in [0.25, 0.3) is 0 Å². The van der Waals surface area contributed by atoms with E-state index in [1.54, 1.807) is 6.07 Å². The van der Waals surface area contributed by atoms with Gasteiger partial charge >= 0.3 is 5.97 Å². The first-order valence-electron chi connectivity index (χ1n) is 2.15. The number of hydrogen-bond donors (Lipinski definition) is 2. The number of carboxylic acid groups (broad SMARTS) is 1. The number of carboxylic acids is 1. The summed E-state index contributed by atoms with van der Waals surface area (Å²) in [5.74, 6) is -1.08. The van der Waals surface area contributed by atoms with Crippen LogP contribution in [0.25, 0.3) is 0 Å². The molecule has 9 heavy (non-hydrogen) atoms. The summed E-state index contributed by atoms with van der Waals surface area (Å²) in [7, 11) is 0. The molecule has 0 aliphatic heterocycles. The van der Waals surface area contributed by atoms with Crippen LogP contribution >= 0.6 is 0 Å². The molecule has 0 radical (unpaired) electrons. The third-order valence-electron chi connectivity index (χ3n) is 0.814. The Labute approximate surface area is 53.7 Å². The Bertz CT molecular complexity index is 146. The van der Waals surface area contributed by atoms with Crippen molar-refractivity contribution in [1.29, 1.82) is 5.26 Å². The van der Waals surface area contributed by atoms with E-state index in [4.69, 9.17) is 10.4 Å². The van der Waals surface area contributed by atoms with Crippen molar-refractivity contribution in [3.05, 3.63) is 0 Å². The van der Waals surface area contributed by atoms with Gasteiger partial charge in [-0.3, -0.25) is 4.79 Å². The van der Waals surface area contributed by atoms with Crippen molar-refractivity contribution in [2.45, 2.75) is 13.8 Å². The first-order chi connectivity index (χ1) is 3.50. The van der Waals surface area contributed by atoms with Crippen LogP contribution in [0, 0.1) is 16.7 Å². The minimum Gasteiger partial charge on any atom is -0.480 e. The second kappa shape index (κ2) is 3.05. The molecule has 0 saturated carbocycles. The van der Waals surface area contributed by atoms with Crippen LogP contribution in [0.15, 0.2) is 0 Å². The summed E-state index contributed by atoms with van der Waals surface area (Å²) < 4.78 is 0. The minimum absolute atomic E-state index is 0. The van der Waals surface area contributed by atoms with E-state index in [9.17, 15) is 4.79 Å². The van der Waals surface area contributed by atoms with Gasteiger partial charge in [-0.15, -0.1) is 0 Å². The van der Waals surface area contributed by atoms with Crippen molar-refractivity contribution in [2.75, 3.05) is 0 Å². The lowest BCUT2D eigenvalue weighted by atomic mass is 9.97. The smallest absolute Gasteiger partial charge is 0.323 e. The zero-order valence-corrected chi connectivity index (χ0v) is 5.51. The normalized spacial score (nSPS) is 9.00. The number of rotatable bonds is 1. The topological polar surface area (TPSA) is 96.1 Å². The highest BCUT2D eigenvalue weighted by Crippen LogP contribution is 2.11. The maximum Gasteiger partial charge on any atom is 0.323 e. The van der Waals surface area contributed by atoms with E-state index in [-0.39, 0.29) is 6.15 Å². The molecule has 4 nitrogen and oxygen atoms in total. The fraction of sp³-hybridized carbons (Fsp3) is 0.600. The summed E-state index contributed by atoms with van der Waals surface area (Å²) in [4.78, 5) is 10.0. The number of hydrogen-bond acceptors (Lipinski definition) is 3. The standard InChI is InChI=1S/C5H7NO2.H3N/c1-5(2,3-6)4(7)8;/h1-2H3,(H,7,8);1H3. The number of nitriles is 1. The lowest BCUT2D eigenvalue weighted by Crippen LogP contribution is -2.20. The van der Waals surface area contributed by atoms with Crippen LogP contribution in [0.1, 0.15) is 13.8 Å². The summed E-state index contributed by atoms with van der Waals surface area (Å²) in [6, 6.07) is 1.64. The van der Waals surface area contributed by atoms with E-state index < -0.39 is 11.4 Å². The van der Waals surface area contributed by atoms with Crippen molar-refractivity contribution in [2.24, 2.45) is 5.41 Å². The molecule has 0 bridgehead atoms. The van der Waals surface area contributed by atoms with Crippen molar-refractivity contribution in [3.8, 4) is 6.07 Å². The summed E-state index contributed by atoms with van der Waals surface area (Å²) in [5.41, 5.74) is -1.24. The molecule has 0 amide bonds. The predicted molar refractivity (Wildman–Crippen MR) is 32.1 cm³/mol. The van der Waals surface area contributed by atoms with Crippen molar-refractivity contribution >= 4 is 5.97 Å². The molecule has 0 aromatic heterocycles. The molecule has 0 aliphatic rings. The Kier molecular flexibility index (Phi) is 3.66. The highest BCUT2D eigenvalue weighted by Gasteiger charge is 2.25. The molecule has 0 heterocycles. The fourth-order valence-corrected chi connectivity index (χ4v) is 0.0478. The van der Waals surface area contributed by atoms with Crippen molar-refractivity contribution < 1.29 is 9.90 Å². The van der Waals surface area contributed by atoms with Crippen LogP contribution in [-0.4, -0.2) is 11.1 Å². The van der Waals surface area contributed by atoms with Gasteiger partial charge in [-0.25, -0.2) is 0 Å². The highest BCUT2D eigenvalue weighted by molar-refractivity contribution is 5.76. The van der Waals surface area contributed by atoms with E-state index in [0.29, 0.717) is 0 Å². The van der Waals surface area contributed by atoms with Gasteiger partial charge in [0.2, 0.25) is 0 Å². The highest BCUT2D eigenvalue weighted by atomic mass is 16.4. The molecule has 0 fully saturated rings. The predicted octanol–water partition coefficient (Wildman–Crippen LogP) is 0.783. The van der Waals surface area contributed by atoms with Gasteiger partial charge in [-0.05, 0) is 13.8 Å². The van der Waals surface area contributed by atoms with E-state index in [1.165, 1.54) is 13.8 Å². The molecule has 0 unspecified atom stereocenters. The molecule has 0 aromatic rings. The molecule has 0 spiro atoms. The molecular weight excluding hydrogens is 120 g/mol. The quantitative estimate of drug-likeness (QED) is 0.548. The molecule has 0 rings (SSSR count). The Morgan fingerprint density at radius 3 is 2.00 bits per heavy atom. The fourth-order valence-electron chi connectivity index (χ4n) is 0.0478. The summed E-state index contributed by atoms with van der Waals surface area (Å²) in [5, 5.41) is 16.4. The maximum atomic E-state index is 10.0. The first-order valence-corrected chi connectivity index (χ1v) is 2.15. The molecule has 52 valence electrons. The third kappa shape index (κ3) is 2.67. The zero-order valence-electron chi connectivity index (χ0n) is 5.51. The lowest BCUT2D eigenvalue weighted by molar-refractivity contribution is -0.143.